The van der Waals surface area contributed by atoms with Gasteiger partial charge in [0, 0.05) is 12.7 Å². The van der Waals surface area contributed by atoms with Gasteiger partial charge in [-0.15, -0.1) is 0 Å². The summed E-state index contributed by atoms with van der Waals surface area (Å²) in [5, 5.41) is 6.42. The van der Waals surface area contributed by atoms with Crippen molar-refractivity contribution in [1.29, 1.82) is 0 Å². The van der Waals surface area contributed by atoms with Crippen LogP contribution in [0.15, 0.2) is 6.07 Å². The fraction of sp³-hybridized carbons (Fsp3) is 0.455. The van der Waals surface area contributed by atoms with Crippen LogP contribution in [0.5, 0.6) is 5.75 Å². The number of methoxy groups -OCH3 is 1. The summed E-state index contributed by atoms with van der Waals surface area (Å²) in [5.41, 5.74) is 14.6. The molecule has 1 atom stereocenters. The molecule has 6 nitrogen and oxygen atoms in total. The Bertz CT molecular complexity index is 422. The molecule has 1 aromatic rings. The van der Waals surface area contributed by atoms with E-state index in [2.05, 4.69) is 10.6 Å². The molecule has 0 aliphatic carbocycles. The molecule has 2 rings (SSSR count). The second-order valence-corrected chi connectivity index (χ2v) is 3.80. The highest BCUT2D eigenvalue weighted by atomic mass is 16.5. The SMILES string of the molecule is CCOC1CNc2c(N)cc(OC)c(N)c2N1. The van der Waals surface area contributed by atoms with E-state index in [0.717, 1.165) is 11.4 Å². The number of fused-ring (bicyclic) bond motifs is 1. The van der Waals surface area contributed by atoms with E-state index in [-0.39, 0.29) is 6.23 Å². The molecule has 6 N–H and O–H groups in total. The van der Waals surface area contributed by atoms with Crippen LogP contribution in [0.25, 0.3) is 0 Å². The summed E-state index contributed by atoms with van der Waals surface area (Å²) < 4.78 is 10.7. The molecule has 1 unspecified atom stereocenters. The van der Waals surface area contributed by atoms with Gasteiger partial charge in [0.05, 0.1) is 30.7 Å². The molecule has 6 heteroatoms. The van der Waals surface area contributed by atoms with E-state index >= 15 is 0 Å². The third-order valence-corrected chi connectivity index (χ3v) is 2.72. The third kappa shape index (κ3) is 2.03. The van der Waals surface area contributed by atoms with E-state index < -0.39 is 0 Å². The largest absolute Gasteiger partial charge is 0.494 e. The number of anilines is 4. The van der Waals surface area contributed by atoms with Gasteiger partial charge in [0.25, 0.3) is 0 Å². The Morgan fingerprint density at radius 3 is 2.82 bits per heavy atom. The van der Waals surface area contributed by atoms with Crippen LogP contribution in [0, 0.1) is 0 Å². The Kier molecular flexibility index (Phi) is 3.14. The summed E-state index contributed by atoms with van der Waals surface area (Å²) in [6, 6.07) is 1.71. The van der Waals surface area contributed by atoms with Gasteiger partial charge in [0.2, 0.25) is 0 Å². The van der Waals surface area contributed by atoms with E-state index in [1.807, 2.05) is 6.92 Å². The second kappa shape index (κ2) is 4.58. The highest BCUT2D eigenvalue weighted by molar-refractivity contribution is 5.94. The molecule has 0 spiro atoms. The number of hydrogen-bond donors (Lipinski definition) is 4. The molecule has 1 aliphatic rings. The molecular formula is C11H18N4O2. The Labute approximate surface area is 100 Å². The zero-order valence-corrected chi connectivity index (χ0v) is 10.0. The fourth-order valence-electron chi connectivity index (χ4n) is 1.91. The van der Waals surface area contributed by atoms with Crippen molar-refractivity contribution in [1.82, 2.24) is 0 Å². The lowest BCUT2D eigenvalue weighted by molar-refractivity contribution is 0.0904. The van der Waals surface area contributed by atoms with Gasteiger partial charge >= 0.3 is 0 Å². The molecule has 0 amide bonds. The summed E-state index contributed by atoms with van der Waals surface area (Å²) in [6.07, 6.45) is -0.110. The number of nitrogen functional groups attached to an aromatic ring is 2. The maximum Gasteiger partial charge on any atom is 0.146 e. The molecule has 0 bridgehead atoms. The standard InChI is InChI=1S/C11H18N4O2/c1-3-17-8-5-14-10-6(12)4-7(16-2)9(13)11(10)15-8/h4,8,14-15H,3,5,12-13H2,1-2H3. The van der Waals surface area contributed by atoms with Gasteiger partial charge in [0.15, 0.2) is 0 Å². The van der Waals surface area contributed by atoms with Crippen LogP contribution in [-0.2, 0) is 4.74 Å². The lowest BCUT2D eigenvalue weighted by atomic mass is 10.1. The smallest absolute Gasteiger partial charge is 0.146 e. The van der Waals surface area contributed by atoms with E-state index in [1.54, 1.807) is 13.2 Å². The number of nitrogens with one attached hydrogen (secondary N) is 2. The second-order valence-electron chi connectivity index (χ2n) is 3.80. The van der Waals surface area contributed by atoms with Crippen LogP contribution in [-0.4, -0.2) is 26.5 Å². The molecule has 0 fully saturated rings. The molecule has 0 saturated carbocycles. The summed E-state index contributed by atoms with van der Waals surface area (Å²) >= 11 is 0. The van der Waals surface area contributed by atoms with Gasteiger partial charge in [0.1, 0.15) is 17.7 Å². The molecule has 1 heterocycles. The van der Waals surface area contributed by atoms with Crippen molar-refractivity contribution in [2.24, 2.45) is 0 Å². The average Bonchev–Trinajstić information content (AvgIpc) is 2.34. The van der Waals surface area contributed by atoms with Gasteiger partial charge in [-0.2, -0.15) is 0 Å². The third-order valence-electron chi connectivity index (χ3n) is 2.72. The topological polar surface area (TPSA) is 94.6 Å². The quantitative estimate of drug-likeness (QED) is 0.588. The first-order valence-electron chi connectivity index (χ1n) is 5.55. The number of rotatable bonds is 3. The van der Waals surface area contributed by atoms with Crippen molar-refractivity contribution in [2.45, 2.75) is 13.2 Å². The molecule has 1 aromatic carbocycles. The van der Waals surface area contributed by atoms with Crippen LogP contribution in [0.4, 0.5) is 22.7 Å². The van der Waals surface area contributed by atoms with Gasteiger partial charge in [-0.25, -0.2) is 0 Å². The van der Waals surface area contributed by atoms with E-state index in [9.17, 15) is 0 Å². The summed E-state index contributed by atoms with van der Waals surface area (Å²) in [7, 11) is 1.56. The molecule has 17 heavy (non-hydrogen) atoms. The highest BCUT2D eigenvalue weighted by Gasteiger charge is 2.23. The molecule has 94 valence electrons. The minimum Gasteiger partial charge on any atom is -0.494 e. The van der Waals surface area contributed by atoms with Crippen LogP contribution >= 0.6 is 0 Å². The normalized spacial score (nSPS) is 17.9. The highest BCUT2D eigenvalue weighted by Crippen LogP contribution is 2.42. The fourth-order valence-corrected chi connectivity index (χ4v) is 1.91. The van der Waals surface area contributed by atoms with E-state index in [4.69, 9.17) is 20.9 Å². The summed E-state index contributed by atoms with van der Waals surface area (Å²) in [6.45, 7) is 3.23. The van der Waals surface area contributed by atoms with Crippen molar-refractivity contribution < 1.29 is 9.47 Å². The Hall–Kier alpha value is -1.82. The number of hydrogen-bond acceptors (Lipinski definition) is 6. The number of nitrogens with two attached hydrogens (primary N) is 2. The molecule has 0 aromatic heterocycles. The zero-order valence-electron chi connectivity index (χ0n) is 10.0. The minimum atomic E-state index is -0.110. The lowest BCUT2D eigenvalue weighted by Crippen LogP contribution is -2.36. The van der Waals surface area contributed by atoms with Crippen molar-refractivity contribution in [3.63, 3.8) is 0 Å². The van der Waals surface area contributed by atoms with Crippen LogP contribution < -0.4 is 26.8 Å². The van der Waals surface area contributed by atoms with Crippen molar-refractivity contribution in [3.05, 3.63) is 6.07 Å². The zero-order chi connectivity index (χ0) is 12.4. The minimum absolute atomic E-state index is 0.110. The molecule has 0 radical (unpaired) electrons. The van der Waals surface area contributed by atoms with E-state index in [0.29, 0.717) is 30.3 Å². The van der Waals surface area contributed by atoms with Crippen LogP contribution in [0.3, 0.4) is 0 Å². The van der Waals surface area contributed by atoms with Crippen molar-refractivity contribution in [3.8, 4) is 5.75 Å². The summed E-state index contributed by atoms with van der Waals surface area (Å²) in [4.78, 5) is 0. The van der Waals surface area contributed by atoms with Crippen LogP contribution in [0.1, 0.15) is 6.92 Å². The Morgan fingerprint density at radius 1 is 1.41 bits per heavy atom. The van der Waals surface area contributed by atoms with Crippen molar-refractivity contribution >= 4 is 22.7 Å². The first-order chi connectivity index (χ1) is 8.17. The van der Waals surface area contributed by atoms with E-state index in [1.165, 1.54) is 0 Å². The number of benzene rings is 1. The summed E-state index contributed by atoms with van der Waals surface area (Å²) in [5.74, 6) is 0.563. The van der Waals surface area contributed by atoms with Gasteiger partial charge in [-0.3, -0.25) is 0 Å². The lowest BCUT2D eigenvalue weighted by Gasteiger charge is -2.30. The monoisotopic (exact) mass is 238 g/mol. The first kappa shape index (κ1) is 11.7. The average molecular weight is 238 g/mol. The maximum absolute atomic E-state index is 6.00. The van der Waals surface area contributed by atoms with Crippen molar-refractivity contribution in [2.75, 3.05) is 42.4 Å². The molecule has 1 aliphatic heterocycles. The van der Waals surface area contributed by atoms with Gasteiger partial charge in [-0.1, -0.05) is 0 Å². The Balaban J connectivity index is 2.37. The van der Waals surface area contributed by atoms with Crippen LogP contribution in [0.2, 0.25) is 0 Å². The molecular weight excluding hydrogens is 220 g/mol. The predicted octanol–water partition coefficient (Wildman–Crippen LogP) is 1.06. The Morgan fingerprint density at radius 2 is 2.18 bits per heavy atom. The maximum atomic E-state index is 6.00. The number of ether oxygens (including phenoxy) is 2. The van der Waals surface area contributed by atoms with Gasteiger partial charge in [-0.05, 0) is 6.92 Å². The molecule has 0 saturated heterocycles. The first-order valence-corrected chi connectivity index (χ1v) is 5.55. The predicted molar refractivity (Wildman–Crippen MR) is 69.3 cm³/mol. The van der Waals surface area contributed by atoms with Gasteiger partial charge < -0.3 is 31.6 Å².